The zero-order valence-corrected chi connectivity index (χ0v) is 24.5. The van der Waals surface area contributed by atoms with Gasteiger partial charge in [-0.2, -0.15) is 13.2 Å². The average molecular weight is 610 g/mol. The third-order valence-corrected chi connectivity index (χ3v) is 7.66. The lowest BCUT2D eigenvalue weighted by Crippen LogP contribution is -2.54. The summed E-state index contributed by atoms with van der Waals surface area (Å²) >= 11 is 6.01. The highest BCUT2D eigenvalue weighted by Crippen LogP contribution is 2.40. The molecule has 3 N–H and O–H groups in total. The first-order chi connectivity index (χ1) is 19.7. The monoisotopic (exact) mass is 609 g/mol. The number of ketones is 1. The fraction of sp³-hybridized carbons (Fsp3) is 0.467. The Bertz CT molecular complexity index is 1260. The fourth-order valence-corrected chi connectivity index (χ4v) is 4.89. The Morgan fingerprint density at radius 3 is 1.88 bits per heavy atom. The van der Waals surface area contributed by atoms with Crippen molar-refractivity contribution in [3.8, 4) is 5.75 Å². The van der Waals surface area contributed by atoms with Crippen LogP contribution in [0.2, 0.25) is 5.02 Å². The summed E-state index contributed by atoms with van der Waals surface area (Å²) in [7, 11) is 1.43. The Labute approximate surface area is 247 Å². The van der Waals surface area contributed by atoms with E-state index < -0.39 is 53.7 Å². The smallest absolute Gasteiger partial charge is 0.452 e. The molecule has 12 heteroatoms. The molecule has 0 spiro atoms. The molecule has 0 bridgehead atoms. The van der Waals surface area contributed by atoms with Crippen molar-refractivity contribution in [2.45, 2.75) is 70.3 Å². The summed E-state index contributed by atoms with van der Waals surface area (Å²) in [5, 5.41) is 7.92. The van der Waals surface area contributed by atoms with Crippen molar-refractivity contribution in [1.82, 2.24) is 16.0 Å². The maximum atomic E-state index is 13.4. The molecule has 42 heavy (non-hydrogen) atoms. The van der Waals surface area contributed by atoms with Gasteiger partial charge in [0.2, 0.25) is 17.7 Å². The van der Waals surface area contributed by atoms with Crippen molar-refractivity contribution in [2.24, 2.45) is 11.8 Å². The molecule has 8 nitrogen and oxygen atoms in total. The number of hydrogen-bond acceptors (Lipinski definition) is 5. The molecule has 0 aromatic heterocycles. The van der Waals surface area contributed by atoms with E-state index >= 15 is 0 Å². The topological polar surface area (TPSA) is 114 Å². The minimum Gasteiger partial charge on any atom is -0.497 e. The molecule has 3 rings (SSSR count). The van der Waals surface area contributed by atoms with Gasteiger partial charge in [-0.15, -0.1) is 0 Å². The van der Waals surface area contributed by atoms with Crippen LogP contribution in [0.4, 0.5) is 13.2 Å². The van der Waals surface area contributed by atoms with Gasteiger partial charge >= 0.3 is 6.18 Å². The van der Waals surface area contributed by atoms with Gasteiger partial charge in [0.05, 0.1) is 19.1 Å². The van der Waals surface area contributed by atoms with Crippen LogP contribution in [0.15, 0.2) is 48.5 Å². The Balaban J connectivity index is 1.81. The lowest BCUT2D eigenvalue weighted by Gasteiger charge is -2.34. The number of rotatable bonds is 12. The number of nitrogens with one attached hydrogen (secondary N) is 3. The van der Waals surface area contributed by atoms with E-state index in [0.29, 0.717) is 10.8 Å². The quantitative estimate of drug-likeness (QED) is 0.318. The first-order valence-corrected chi connectivity index (χ1v) is 14.0. The van der Waals surface area contributed by atoms with E-state index in [-0.39, 0.29) is 17.4 Å². The summed E-state index contributed by atoms with van der Waals surface area (Å²) in [5.41, 5.74) is 0.995. The van der Waals surface area contributed by atoms with E-state index in [1.807, 2.05) is 0 Å². The highest BCUT2D eigenvalue weighted by atomic mass is 35.5. The first kappa shape index (κ1) is 32.9. The molecule has 228 valence electrons. The zero-order valence-electron chi connectivity index (χ0n) is 23.8. The SMILES string of the molecule is COc1ccc([C@H](NC(=O)[C@H](C)NC(=O)[C@H](c2ccc(Cl)cc2)C2CCC2)C(=O)N[C@H](C(=O)C(F)(F)F)C(C)C)cc1. The molecular formula is C30H35ClF3N3O5. The molecular weight excluding hydrogens is 575 g/mol. The van der Waals surface area contributed by atoms with Crippen LogP contribution in [-0.4, -0.2) is 48.9 Å². The van der Waals surface area contributed by atoms with Crippen LogP contribution in [0.5, 0.6) is 5.75 Å². The van der Waals surface area contributed by atoms with Crippen molar-refractivity contribution in [2.75, 3.05) is 7.11 Å². The van der Waals surface area contributed by atoms with Gasteiger partial charge in [0.1, 0.15) is 17.8 Å². The molecule has 4 atom stereocenters. The number of benzene rings is 2. The van der Waals surface area contributed by atoms with Gasteiger partial charge in [-0.1, -0.05) is 56.1 Å². The van der Waals surface area contributed by atoms with Crippen molar-refractivity contribution in [3.63, 3.8) is 0 Å². The molecule has 2 aromatic rings. The number of ether oxygens (including phenoxy) is 1. The van der Waals surface area contributed by atoms with Crippen LogP contribution < -0.4 is 20.7 Å². The summed E-state index contributed by atoms with van der Waals surface area (Å²) < 4.78 is 44.8. The second-order valence-corrected chi connectivity index (χ2v) is 11.2. The number of alkyl halides is 3. The van der Waals surface area contributed by atoms with Gasteiger partial charge in [-0.05, 0) is 67.0 Å². The zero-order chi connectivity index (χ0) is 31.2. The maximum absolute atomic E-state index is 13.4. The Morgan fingerprint density at radius 1 is 0.833 bits per heavy atom. The molecule has 0 radical (unpaired) electrons. The van der Waals surface area contributed by atoms with E-state index in [0.717, 1.165) is 24.8 Å². The first-order valence-electron chi connectivity index (χ1n) is 13.6. The Morgan fingerprint density at radius 2 is 1.40 bits per heavy atom. The fourth-order valence-electron chi connectivity index (χ4n) is 4.76. The van der Waals surface area contributed by atoms with Gasteiger partial charge in [-0.3, -0.25) is 19.2 Å². The number of methoxy groups -OCH3 is 1. The van der Waals surface area contributed by atoms with Crippen LogP contribution in [0, 0.1) is 11.8 Å². The molecule has 1 fully saturated rings. The summed E-state index contributed by atoms with van der Waals surface area (Å²) in [5.74, 6) is -5.08. The van der Waals surface area contributed by atoms with Gasteiger partial charge in [-0.25, -0.2) is 0 Å². The number of halogens is 4. The third kappa shape index (κ3) is 8.24. The minimum absolute atomic E-state index is 0.0957. The number of carbonyl (C=O) groups excluding carboxylic acids is 4. The Kier molecular flexibility index (Phi) is 11.0. The number of amides is 3. The van der Waals surface area contributed by atoms with Gasteiger partial charge < -0.3 is 20.7 Å². The van der Waals surface area contributed by atoms with Crippen LogP contribution in [0.1, 0.15) is 63.1 Å². The molecule has 1 aliphatic carbocycles. The van der Waals surface area contributed by atoms with Gasteiger partial charge in [0.15, 0.2) is 0 Å². The minimum atomic E-state index is -5.17. The molecule has 0 unspecified atom stereocenters. The molecule has 0 saturated heterocycles. The summed E-state index contributed by atoms with van der Waals surface area (Å²) in [6.07, 6.45) is -2.46. The molecule has 0 aliphatic heterocycles. The van der Waals surface area contributed by atoms with E-state index in [9.17, 15) is 32.3 Å². The van der Waals surface area contributed by atoms with Crippen molar-refractivity contribution in [3.05, 3.63) is 64.7 Å². The molecule has 3 amide bonds. The van der Waals surface area contributed by atoms with E-state index in [2.05, 4.69) is 16.0 Å². The van der Waals surface area contributed by atoms with Crippen molar-refractivity contribution >= 4 is 35.1 Å². The number of hydrogen-bond donors (Lipinski definition) is 3. The summed E-state index contributed by atoms with van der Waals surface area (Å²) in [6.45, 7) is 4.18. The predicted molar refractivity (Wildman–Crippen MR) is 151 cm³/mol. The van der Waals surface area contributed by atoms with E-state index in [1.165, 1.54) is 52.1 Å². The molecule has 0 heterocycles. The highest BCUT2D eigenvalue weighted by Gasteiger charge is 2.45. The van der Waals surface area contributed by atoms with Gasteiger partial charge in [0.25, 0.3) is 5.78 Å². The molecule has 2 aromatic carbocycles. The Hall–Kier alpha value is -3.60. The average Bonchev–Trinajstić information content (AvgIpc) is 2.91. The van der Waals surface area contributed by atoms with Crippen LogP contribution >= 0.6 is 11.6 Å². The number of Topliss-reactive ketones (excluding diaryl/α,β-unsaturated/α-hetero) is 1. The summed E-state index contributed by atoms with van der Waals surface area (Å²) in [4.78, 5) is 52.0. The standard InChI is InChI=1S/C30H35ClF3N3O5/c1-16(2)24(26(38)30(32,33)34)36-29(41)25(20-10-14-22(42-4)15-11-20)37-27(39)17(3)35-28(40)23(18-6-5-7-18)19-8-12-21(31)13-9-19/h8-18,23-25H,5-7H2,1-4H3,(H,35,40)(H,36,41)(H,37,39)/t17-,23-,24-,25-/m0/s1. The lowest BCUT2D eigenvalue weighted by molar-refractivity contribution is -0.175. The van der Waals surface area contributed by atoms with E-state index in [4.69, 9.17) is 16.3 Å². The van der Waals surface area contributed by atoms with Crippen molar-refractivity contribution in [1.29, 1.82) is 0 Å². The van der Waals surface area contributed by atoms with Crippen LogP contribution in [0.3, 0.4) is 0 Å². The van der Waals surface area contributed by atoms with Crippen LogP contribution in [0.25, 0.3) is 0 Å². The highest BCUT2D eigenvalue weighted by molar-refractivity contribution is 6.30. The second kappa shape index (κ2) is 14.0. The maximum Gasteiger partial charge on any atom is 0.452 e. The second-order valence-electron chi connectivity index (χ2n) is 10.8. The largest absolute Gasteiger partial charge is 0.497 e. The molecule has 1 saturated carbocycles. The third-order valence-electron chi connectivity index (χ3n) is 7.41. The predicted octanol–water partition coefficient (Wildman–Crippen LogP) is 4.87. The van der Waals surface area contributed by atoms with Gasteiger partial charge in [0, 0.05) is 5.02 Å². The number of carbonyl (C=O) groups is 4. The normalized spacial score (nSPS) is 16.4. The lowest BCUT2D eigenvalue weighted by atomic mass is 9.72. The summed E-state index contributed by atoms with van der Waals surface area (Å²) in [6, 6.07) is 8.46. The van der Waals surface area contributed by atoms with E-state index in [1.54, 1.807) is 24.3 Å². The van der Waals surface area contributed by atoms with Crippen molar-refractivity contribution < 1.29 is 37.1 Å². The van der Waals surface area contributed by atoms with Crippen LogP contribution in [-0.2, 0) is 19.2 Å². The molecule has 1 aliphatic rings.